The van der Waals surface area contributed by atoms with Gasteiger partial charge in [-0.2, -0.15) is 0 Å². The molecule has 0 spiro atoms. The molecule has 0 radical (unpaired) electrons. The number of amides is 1. The molecule has 0 unspecified atom stereocenters. The lowest BCUT2D eigenvalue weighted by Gasteiger charge is -2.09. The number of rotatable bonds is 8. The van der Waals surface area contributed by atoms with Crippen LogP contribution in [-0.2, 0) is 18.4 Å². The lowest BCUT2D eigenvalue weighted by molar-refractivity contribution is -0.274. The number of hydrogen-bond acceptors (Lipinski definition) is 4. The number of carboxylic acid groups (broad SMARTS) is 1. The van der Waals surface area contributed by atoms with Crippen LogP contribution >= 0.6 is 23.2 Å². The molecule has 0 saturated carbocycles. The van der Waals surface area contributed by atoms with Crippen LogP contribution < -0.4 is 15.7 Å². The van der Waals surface area contributed by atoms with Gasteiger partial charge in [0, 0.05) is 19.2 Å². The van der Waals surface area contributed by atoms with Crippen molar-refractivity contribution in [3.05, 3.63) is 87.5 Å². The Morgan fingerprint density at radius 3 is 2.21 bits per heavy atom. The minimum Gasteiger partial charge on any atom is -0.481 e. The van der Waals surface area contributed by atoms with Gasteiger partial charge in [-0.15, -0.1) is 13.2 Å². The maximum Gasteiger partial charge on any atom is 0.573 e. The van der Waals surface area contributed by atoms with Crippen LogP contribution in [0.5, 0.6) is 5.75 Å². The third-order valence-electron chi connectivity index (χ3n) is 5.69. The van der Waals surface area contributed by atoms with Gasteiger partial charge in [0.05, 0.1) is 39.7 Å². The van der Waals surface area contributed by atoms with Gasteiger partial charge in [-0.25, -0.2) is 4.99 Å². The number of carbonyl (C=O) groups excluding carboxylic acids is 1. The van der Waals surface area contributed by atoms with E-state index in [-0.39, 0.29) is 18.7 Å². The van der Waals surface area contributed by atoms with Crippen LogP contribution in [0.25, 0.3) is 11.0 Å². The zero-order valence-electron chi connectivity index (χ0n) is 20.3. The first kappa shape index (κ1) is 28.1. The number of carbonyl (C=O) groups is 2. The maximum atomic E-state index is 12.5. The van der Waals surface area contributed by atoms with Gasteiger partial charge >= 0.3 is 12.3 Å². The molecule has 0 aliphatic heterocycles. The van der Waals surface area contributed by atoms with Crippen LogP contribution in [0, 0.1) is 0 Å². The van der Waals surface area contributed by atoms with E-state index < -0.39 is 18.2 Å². The van der Waals surface area contributed by atoms with E-state index in [9.17, 15) is 22.8 Å². The molecule has 204 valence electrons. The van der Waals surface area contributed by atoms with Crippen LogP contribution in [0.15, 0.2) is 65.7 Å². The van der Waals surface area contributed by atoms with E-state index in [4.69, 9.17) is 28.3 Å². The molecule has 0 saturated heterocycles. The van der Waals surface area contributed by atoms with Crippen LogP contribution in [0.4, 0.5) is 18.9 Å². The molecule has 4 rings (SSSR count). The Kier molecular flexibility index (Phi) is 8.22. The maximum absolute atomic E-state index is 12.5. The number of halogens is 5. The van der Waals surface area contributed by atoms with E-state index in [0.717, 1.165) is 11.1 Å². The Bertz CT molecular complexity index is 1600. The van der Waals surface area contributed by atoms with E-state index in [1.54, 1.807) is 48.0 Å². The number of ether oxygens (including phenoxy) is 1. The van der Waals surface area contributed by atoms with E-state index in [2.05, 4.69) is 15.0 Å². The van der Waals surface area contributed by atoms with E-state index in [1.165, 1.54) is 24.3 Å². The number of alkyl halides is 3. The summed E-state index contributed by atoms with van der Waals surface area (Å²) in [4.78, 5) is 27.6. The predicted octanol–water partition coefficient (Wildman–Crippen LogP) is 5.67. The number of imidazole rings is 1. The summed E-state index contributed by atoms with van der Waals surface area (Å²) in [5.41, 5.74) is 3.45. The molecule has 0 atom stereocenters. The molecule has 2 N–H and O–H groups in total. The van der Waals surface area contributed by atoms with E-state index in [1.807, 2.05) is 4.57 Å². The van der Waals surface area contributed by atoms with Gasteiger partial charge in [0.15, 0.2) is 0 Å². The number of benzene rings is 3. The van der Waals surface area contributed by atoms with Gasteiger partial charge in [-0.3, -0.25) is 9.59 Å². The number of aliphatic carboxylic acids is 1. The summed E-state index contributed by atoms with van der Waals surface area (Å²) >= 11 is 12.6. The summed E-state index contributed by atoms with van der Waals surface area (Å²) in [6.45, 7) is 0.323. The average molecular weight is 581 g/mol. The first-order valence-electron chi connectivity index (χ1n) is 11.4. The van der Waals surface area contributed by atoms with Crippen LogP contribution in [0.2, 0.25) is 10.0 Å². The second-order valence-electron chi connectivity index (χ2n) is 8.45. The molecule has 8 nitrogen and oxygen atoms in total. The van der Waals surface area contributed by atoms with Crippen molar-refractivity contribution in [2.45, 2.75) is 19.3 Å². The van der Waals surface area contributed by atoms with Crippen molar-refractivity contribution in [2.75, 3.05) is 6.54 Å². The molecule has 1 heterocycles. The Morgan fingerprint density at radius 2 is 1.62 bits per heavy atom. The Morgan fingerprint density at radius 1 is 1.00 bits per heavy atom. The first-order chi connectivity index (χ1) is 18.4. The zero-order valence-corrected chi connectivity index (χ0v) is 21.8. The predicted molar refractivity (Wildman–Crippen MR) is 139 cm³/mol. The van der Waals surface area contributed by atoms with Gasteiger partial charge in [0.2, 0.25) is 5.62 Å². The van der Waals surface area contributed by atoms with Crippen molar-refractivity contribution in [3.8, 4) is 5.75 Å². The fraction of sp³-hybridized carbons (Fsp3) is 0.192. The summed E-state index contributed by atoms with van der Waals surface area (Å²) in [5, 5.41) is 11.9. The monoisotopic (exact) mass is 580 g/mol. The van der Waals surface area contributed by atoms with Gasteiger partial charge in [-0.1, -0.05) is 35.3 Å². The van der Waals surface area contributed by atoms with Crippen molar-refractivity contribution in [1.82, 2.24) is 14.5 Å². The molecule has 3 aromatic carbocycles. The molecule has 39 heavy (non-hydrogen) atoms. The number of aromatic nitrogens is 2. The molecular formula is C26H21Cl2F3N4O4. The van der Waals surface area contributed by atoms with Crippen molar-refractivity contribution in [1.29, 1.82) is 0 Å². The van der Waals surface area contributed by atoms with Crippen molar-refractivity contribution >= 4 is 51.8 Å². The standard InChI is InChI=1S/C26H21Cl2F3N4O4/c1-34-21-12-19(27)20(28)13-22(21)35(25(34)33-17-6-8-18(9-7-17)39-26(29,30)31)14-15-2-4-16(5-3-15)24(38)32-11-10-23(36)37/h2-9,12-13H,10-11,14H2,1H3,(H,32,38)(H,36,37). The molecule has 0 bridgehead atoms. The molecule has 13 heteroatoms. The number of nitrogens with zero attached hydrogens (tertiary/aromatic N) is 3. The van der Waals surface area contributed by atoms with Gasteiger partial charge in [0.25, 0.3) is 5.91 Å². The number of hydrogen-bond donors (Lipinski definition) is 2. The van der Waals surface area contributed by atoms with Gasteiger partial charge in [-0.05, 0) is 54.1 Å². The lowest BCUT2D eigenvalue weighted by atomic mass is 10.1. The Balaban J connectivity index is 1.70. The highest BCUT2D eigenvalue weighted by molar-refractivity contribution is 6.42. The summed E-state index contributed by atoms with van der Waals surface area (Å²) in [7, 11) is 1.77. The van der Waals surface area contributed by atoms with E-state index in [0.29, 0.717) is 39.0 Å². The number of aryl methyl sites for hydroxylation is 1. The van der Waals surface area contributed by atoms with Crippen molar-refractivity contribution in [2.24, 2.45) is 12.0 Å². The number of fused-ring (bicyclic) bond motifs is 1. The fourth-order valence-electron chi connectivity index (χ4n) is 3.87. The molecule has 1 amide bonds. The summed E-state index contributed by atoms with van der Waals surface area (Å²) in [5.74, 6) is -1.77. The number of nitrogens with one attached hydrogen (secondary N) is 1. The highest BCUT2D eigenvalue weighted by Gasteiger charge is 2.31. The van der Waals surface area contributed by atoms with Crippen LogP contribution in [0.3, 0.4) is 0 Å². The summed E-state index contributed by atoms with van der Waals surface area (Å²) in [6, 6.07) is 15.3. The van der Waals surface area contributed by atoms with Gasteiger partial charge < -0.3 is 24.3 Å². The van der Waals surface area contributed by atoms with E-state index >= 15 is 0 Å². The average Bonchev–Trinajstić information content (AvgIpc) is 3.10. The van der Waals surface area contributed by atoms with Crippen LogP contribution in [0.1, 0.15) is 22.3 Å². The minimum absolute atomic E-state index is 0.0132. The third-order valence-corrected chi connectivity index (χ3v) is 6.41. The normalized spacial score (nSPS) is 12.1. The summed E-state index contributed by atoms with van der Waals surface area (Å²) in [6.07, 6.45) is -4.98. The SMILES string of the molecule is Cn1c(=Nc2ccc(OC(F)(F)F)cc2)n(Cc2ccc(C(=O)NCCC(=O)O)cc2)c2cc(Cl)c(Cl)cc21. The quantitative estimate of drug-likeness (QED) is 0.280. The third kappa shape index (κ3) is 6.92. The summed E-state index contributed by atoms with van der Waals surface area (Å²) < 4.78 is 45.1. The molecule has 0 fully saturated rings. The highest BCUT2D eigenvalue weighted by Crippen LogP contribution is 2.28. The molecule has 0 aliphatic carbocycles. The number of carboxylic acids is 1. The Hall–Kier alpha value is -3.96. The lowest BCUT2D eigenvalue weighted by Crippen LogP contribution is -2.26. The smallest absolute Gasteiger partial charge is 0.481 e. The largest absolute Gasteiger partial charge is 0.573 e. The van der Waals surface area contributed by atoms with Crippen LogP contribution in [-0.4, -0.2) is 39.0 Å². The minimum atomic E-state index is -4.80. The zero-order chi connectivity index (χ0) is 28.3. The Labute approximate surface area is 229 Å². The second kappa shape index (κ2) is 11.4. The molecule has 0 aliphatic rings. The van der Waals surface area contributed by atoms with Crippen molar-refractivity contribution in [3.63, 3.8) is 0 Å². The topological polar surface area (TPSA) is 97.9 Å². The van der Waals surface area contributed by atoms with Gasteiger partial charge in [0.1, 0.15) is 5.75 Å². The van der Waals surface area contributed by atoms with Crippen molar-refractivity contribution < 1.29 is 32.6 Å². The first-order valence-corrected chi connectivity index (χ1v) is 12.2. The molecule has 1 aromatic heterocycles. The molecule has 4 aromatic rings. The second-order valence-corrected chi connectivity index (χ2v) is 9.26. The molecular weight excluding hydrogens is 560 g/mol. The highest BCUT2D eigenvalue weighted by atomic mass is 35.5. The fourth-order valence-corrected chi connectivity index (χ4v) is 4.18.